The first-order valence-corrected chi connectivity index (χ1v) is 7.54. The molecule has 1 N–H and O–H groups in total. The molecule has 4 heteroatoms. The summed E-state index contributed by atoms with van der Waals surface area (Å²) in [6.07, 6.45) is 0. The molecule has 0 aromatic heterocycles. The second kappa shape index (κ2) is 11.2. The summed E-state index contributed by atoms with van der Waals surface area (Å²) in [7, 11) is 1.39. The van der Waals surface area contributed by atoms with Crippen LogP contribution in [0.4, 0.5) is 0 Å². The van der Waals surface area contributed by atoms with Crippen LogP contribution < -0.4 is 0 Å². The molecule has 2 aromatic carbocycles. The van der Waals surface area contributed by atoms with Crippen LogP contribution in [-0.4, -0.2) is 24.2 Å². The Bertz CT molecular complexity index is 538. The highest BCUT2D eigenvalue weighted by atomic mass is 16.5. The number of esters is 1. The van der Waals surface area contributed by atoms with Gasteiger partial charge in [-0.05, 0) is 10.8 Å². The fraction of sp³-hybridized carbons (Fsp3) is 0.368. The SMILES string of the molecule is CC(C)C(=O)O.COC(=O)C(C)C.c1ccc2ccccc2c1. The number of hydrogen-bond donors (Lipinski definition) is 1. The molecule has 4 nitrogen and oxygen atoms in total. The van der Waals surface area contributed by atoms with Gasteiger partial charge in [0.2, 0.25) is 0 Å². The molecule has 0 spiro atoms. The fourth-order valence-corrected chi connectivity index (χ4v) is 1.37. The minimum atomic E-state index is -0.741. The third kappa shape index (κ3) is 9.30. The van der Waals surface area contributed by atoms with Gasteiger partial charge in [-0.15, -0.1) is 0 Å². The number of hydrogen-bond acceptors (Lipinski definition) is 3. The third-order valence-corrected chi connectivity index (χ3v) is 2.83. The van der Waals surface area contributed by atoms with E-state index in [4.69, 9.17) is 5.11 Å². The first-order valence-electron chi connectivity index (χ1n) is 7.54. The second-order valence-corrected chi connectivity index (χ2v) is 5.52. The van der Waals surface area contributed by atoms with Crippen LogP contribution in [0.5, 0.6) is 0 Å². The van der Waals surface area contributed by atoms with E-state index in [1.807, 2.05) is 0 Å². The summed E-state index contributed by atoms with van der Waals surface area (Å²) in [6, 6.07) is 16.7. The number of aliphatic carboxylic acids is 1. The second-order valence-electron chi connectivity index (χ2n) is 5.52. The molecular formula is C19H26O4. The van der Waals surface area contributed by atoms with Gasteiger partial charge in [0, 0.05) is 0 Å². The average Bonchev–Trinajstić information content (AvgIpc) is 2.55. The van der Waals surface area contributed by atoms with Crippen molar-refractivity contribution in [3.8, 4) is 0 Å². The van der Waals surface area contributed by atoms with Gasteiger partial charge in [0.15, 0.2) is 0 Å². The Hall–Kier alpha value is -2.36. The van der Waals surface area contributed by atoms with Crippen LogP contribution in [0.1, 0.15) is 27.7 Å². The van der Waals surface area contributed by atoms with Crippen molar-refractivity contribution in [3.63, 3.8) is 0 Å². The number of ether oxygens (including phenoxy) is 1. The zero-order chi connectivity index (χ0) is 17.8. The number of carbonyl (C=O) groups excluding carboxylic acids is 1. The maximum absolute atomic E-state index is 10.3. The molecule has 0 heterocycles. The largest absolute Gasteiger partial charge is 0.481 e. The lowest BCUT2D eigenvalue weighted by Gasteiger charge is -1.97. The highest BCUT2D eigenvalue weighted by Gasteiger charge is 2.03. The smallest absolute Gasteiger partial charge is 0.308 e. The quantitative estimate of drug-likeness (QED) is 0.835. The van der Waals surface area contributed by atoms with E-state index in [0.717, 1.165) is 0 Å². The molecule has 2 aromatic rings. The Morgan fingerprint density at radius 2 is 1.13 bits per heavy atom. The molecule has 0 amide bonds. The molecule has 0 aliphatic rings. The van der Waals surface area contributed by atoms with Crippen molar-refractivity contribution in [2.24, 2.45) is 11.8 Å². The van der Waals surface area contributed by atoms with Gasteiger partial charge in [0.05, 0.1) is 18.9 Å². The maximum atomic E-state index is 10.3. The summed E-state index contributed by atoms with van der Waals surface area (Å²) in [5.74, 6) is -1.12. The summed E-state index contributed by atoms with van der Waals surface area (Å²) >= 11 is 0. The van der Waals surface area contributed by atoms with E-state index < -0.39 is 5.97 Å². The van der Waals surface area contributed by atoms with Crippen molar-refractivity contribution in [2.45, 2.75) is 27.7 Å². The predicted octanol–water partition coefficient (Wildman–Crippen LogP) is 4.38. The van der Waals surface area contributed by atoms with E-state index in [2.05, 4.69) is 53.3 Å². The predicted molar refractivity (Wildman–Crippen MR) is 93.3 cm³/mol. The number of fused-ring (bicyclic) bond motifs is 1. The van der Waals surface area contributed by atoms with E-state index in [0.29, 0.717) is 0 Å². The molecule has 0 fully saturated rings. The summed E-state index contributed by atoms with van der Waals surface area (Å²) in [4.78, 5) is 20.0. The Balaban J connectivity index is 0.000000333. The van der Waals surface area contributed by atoms with Crippen LogP contribution in [0.2, 0.25) is 0 Å². The highest BCUT2D eigenvalue weighted by molar-refractivity contribution is 5.82. The van der Waals surface area contributed by atoms with Crippen LogP contribution >= 0.6 is 0 Å². The Morgan fingerprint density at radius 3 is 1.26 bits per heavy atom. The van der Waals surface area contributed by atoms with Crippen LogP contribution in [0.25, 0.3) is 10.8 Å². The van der Waals surface area contributed by atoms with Crippen molar-refractivity contribution in [1.82, 2.24) is 0 Å². The number of benzene rings is 2. The number of carbonyl (C=O) groups is 2. The van der Waals surface area contributed by atoms with Gasteiger partial charge in [-0.3, -0.25) is 9.59 Å². The molecule has 0 radical (unpaired) electrons. The molecule has 0 aliphatic heterocycles. The summed E-state index contributed by atoms with van der Waals surface area (Å²) in [6.45, 7) is 6.88. The van der Waals surface area contributed by atoms with Gasteiger partial charge >= 0.3 is 11.9 Å². The average molecular weight is 318 g/mol. The number of carboxylic acids is 1. The lowest BCUT2D eigenvalue weighted by Crippen LogP contribution is -2.07. The maximum Gasteiger partial charge on any atom is 0.308 e. The normalized spacial score (nSPS) is 9.52. The molecular weight excluding hydrogens is 292 g/mol. The summed E-state index contributed by atoms with van der Waals surface area (Å²) in [5, 5.41) is 10.6. The monoisotopic (exact) mass is 318 g/mol. The molecule has 2 rings (SSSR count). The minimum Gasteiger partial charge on any atom is -0.481 e. The third-order valence-electron chi connectivity index (χ3n) is 2.83. The number of rotatable bonds is 2. The summed E-state index contributed by atoms with van der Waals surface area (Å²) < 4.78 is 4.37. The van der Waals surface area contributed by atoms with Crippen LogP contribution in [0.3, 0.4) is 0 Å². The van der Waals surface area contributed by atoms with E-state index in [9.17, 15) is 9.59 Å². The lowest BCUT2D eigenvalue weighted by molar-refractivity contribution is -0.144. The molecule has 0 saturated heterocycles. The number of carboxylic acid groups (broad SMARTS) is 1. The van der Waals surface area contributed by atoms with Gasteiger partial charge in [-0.25, -0.2) is 0 Å². The zero-order valence-corrected chi connectivity index (χ0v) is 14.4. The van der Waals surface area contributed by atoms with Gasteiger partial charge in [-0.1, -0.05) is 76.2 Å². The molecule has 0 saturated carbocycles. The van der Waals surface area contributed by atoms with Gasteiger partial charge in [0.25, 0.3) is 0 Å². The lowest BCUT2D eigenvalue weighted by atomic mass is 10.1. The van der Waals surface area contributed by atoms with Crippen molar-refractivity contribution >= 4 is 22.7 Å². The molecule has 0 bridgehead atoms. The molecule has 0 atom stereocenters. The molecule has 23 heavy (non-hydrogen) atoms. The summed E-state index contributed by atoms with van der Waals surface area (Å²) in [5.41, 5.74) is 0. The van der Waals surface area contributed by atoms with Crippen LogP contribution in [0, 0.1) is 11.8 Å². The van der Waals surface area contributed by atoms with Gasteiger partial charge < -0.3 is 9.84 Å². The molecule has 0 unspecified atom stereocenters. The van der Waals surface area contributed by atoms with Crippen molar-refractivity contribution in [1.29, 1.82) is 0 Å². The van der Waals surface area contributed by atoms with Crippen molar-refractivity contribution in [2.75, 3.05) is 7.11 Å². The van der Waals surface area contributed by atoms with Crippen molar-refractivity contribution < 1.29 is 19.4 Å². The van der Waals surface area contributed by atoms with Crippen LogP contribution in [0.15, 0.2) is 48.5 Å². The van der Waals surface area contributed by atoms with Gasteiger partial charge in [0.1, 0.15) is 0 Å². The first kappa shape index (κ1) is 20.6. The van der Waals surface area contributed by atoms with Crippen molar-refractivity contribution in [3.05, 3.63) is 48.5 Å². The number of methoxy groups -OCH3 is 1. The Kier molecular flexibility index (Phi) is 10.1. The van der Waals surface area contributed by atoms with E-state index in [-0.39, 0.29) is 17.8 Å². The fourth-order valence-electron chi connectivity index (χ4n) is 1.37. The molecule has 126 valence electrons. The van der Waals surface area contributed by atoms with E-state index in [1.54, 1.807) is 27.7 Å². The first-order chi connectivity index (χ1) is 10.8. The van der Waals surface area contributed by atoms with Crippen LogP contribution in [-0.2, 0) is 14.3 Å². The highest BCUT2D eigenvalue weighted by Crippen LogP contribution is 2.11. The van der Waals surface area contributed by atoms with E-state index in [1.165, 1.54) is 17.9 Å². The topological polar surface area (TPSA) is 63.6 Å². The zero-order valence-electron chi connectivity index (χ0n) is 14.4. The standard InChI is InChI=1S/C10H8.C5H10O2.C4H8O2/c1-2-6-10-8-4-3-7-9(10)5-1;1-4(2)5(6)7-3;1-3(2)4(5)6/h1-8H;4H,1-3H3;3H,1-2H3,(H,5,6). The van der Waals surface area contributed by atoms with Gasteiger partial charge in [-0.2, -0.15) is 0 Å². The molecule has 0 aliphatic carbocycles. The Labute approximate surface area is 138 Å². The Morgan fingerprint density at radius 1 is 0.826 bits per heavy atom. The minimum absolute atomic E-state index is 0.00463. The van der Waals surface area contributed by atoms with E-state index >= 15 is 0 Å².